The second-order valence-corrected chi connectivity index (χ2v) is 6.57. The van der Waals surface area contributed by atoms with Crippen LogP contribution in [0.3, 0.4) is 0 Å². The highest BCUT2D eigenvalue weighted by molar-refractivity contribution is 5.31. The third kappa shape index (κ3) is 5.12. The van der Waals surface area contributed by atoms with Crippen LogP contribution in [0.2, 0.25) is 0 Å². The molecule has 1 aliphatic rings. The van der Waals surface area contributed by atoms with E-state index in [1.807, 2.05) is 12.1 Å². The van der Waals surface area contributed by atoms with Crippen molar-refractivity contribution < 1.29 is 4.52 Å². The molecule has 3 rings (SSSR count). The van der Waals surface area contributed by atoms with Crippen molar-refractivity contribution in [3.05, 3.63) is 47.1 Å². The van der Waals surface area contributed by atoms with Crippen LogP contribution < -0.4 is 0 Å². The van der Waals surface area contributed by atoms with Crippen molar-refractivity contribution in [3.8, 4) is 6.07 Å². The van der Waals surface area contributed by atoms with Gasteiger partial charge in [-0.25, -0.2) is 0 Å². The number of hydrogen-bond acceptors (Lipinski definition) is 6. The van der Waals surface area contributed by atoms with E-state index in [-0.39, 0.29) is 0 Å². The summed E-state index contributed by atoms with van der Waals surface area (Å²) in [7, 11) is 0. The molecule has 1 fully saturated rings. The first-order valence-corrected chi connectivity index (χ1v) is 9.02. The monoisotopic (exact) mass is 339 g/mol. The maximum atomic E-state index is 8.89. The van der Waals surface area contributed by atoms with E-state index in [1.165, 1.54) is 5.56 Å². The van der Waals surface area contributed by atoms with Gasteiger partial charge < -0.3 is 4.52 Å². The minimum absolute atomic E-state index is 0.716. The number of rotatable bonds is 6. The number of aromatic nitrogens is 2. The average molecular weight is 339 g/mol. The lowest BCUT2D eigenvalue weighted by atomic mass is 10.1. The van der Waals surface area contributed by atoms with Gasteiger partial charge in [-0.3, -0.25) is 9.80 Å². The van der Waals surface area contributed by atoms with E-state index >= 15 is 0 Å². The second-order valence-electron chi connectivity index (χ2n) is 6.57. The predicted molar refractivity (Wildman–Crippen MR) is 94.6 cm³/mol. The molecule has 0 atom stereocenters. The van der Waals surface area contributed by atoms with Gasteiger partial charge in [0.2, 0.25) is 5.89 Å². The fourth-order valence-electron chi connectivity index (χ4n) is 3.15. The highest BCUT2D eigenvalue weighted by Gasteiger charge is 2.17. The Hall–Kier alpha value is -2.23. The zero-order chi connectivity index (χ0) is 17.5. The van der Waals surface area contributed by atoms with Crippen molar-refractivity contribution in [2.45, 2.75) is 39.3 Å². The first-order valence-electron chi connectivity index (χ1n) is 9.02. The van der Waals surface area contributed by atoms with Crippen LogP contribution in [0.25, 0.3) is 0 Å². The van der Waals surface area contributed by atoms with Crippen molar-refractivity contribution in [3.63, 3.8) is 0 Å². The number of hydrogen-bond donors (Lipinski definition) is 0. The normalized spacial score (nSPS) is 16.5. The fraction of sp³-hybridized carbons (Fsp3) is 0.526. The molecule has 0 N–H and O–H groups in total. The van der Waals surface area contributed by atoms with E-state index in [0.29, 0.717) is 5.56 Å². The molecule has 0 amide bonds. The first-order chi connectivity index (χ1) is 12.3. The van der Waals surface area contributed by atoms with Crippen LogP contribution >= 0.6 is 0 Å². The number of aryl methyl sites for hydroxylation is 1. The molecule has 2 heterocycles. The van der Waals surface area contributed by atoms with E-state index in [9.17, 15) is 0 Å². The lowest BCUT2D eigenvalue weighted by Gasteiger charge is -2.21. The van der Waals surface area contributed by atoms with Crippen LogP contribution in [0.4, 0.5) is 0 Å². The summed E-state index contributed by atoms with van der Waals surface area (Å²) < 4.78 is 5.28. The van der Waals surface area contributed by atoms with Gasteiger partial charge in [0.25, 0.3) is 0 Å². The molecular weight excluding hydrogens is 314 g/mol. The van der Waals surface area contributed by atoms with E-state index < -0.39 is 0 Å². The lowest BCUT2D eigenvalue weighted by molar-refractivity contribution is 0.241. The van der Waals surface area contributed by atoms with Crippen LogP contribution in [-0.2, 0) is 19.5 Å². The minimum atomic E-state index is 0.716. The van der Waals surface area contributed by atoms with Crippen LogP contribution in [-0.4, -0.2) is 46.1 Å². The molecule has 0 spiro atoms. The summed E-state index contributed by atoms with van der Waals surface area (Å²) in [6.07, 6.45) is 3.01. The largest absolute Gasteiger partial charge is 0.339 e. The molecule has 1 aromatic heterocycles. The van der Waals surface area contributed by atoms with Gasteiger partial charge in [0.05, 0.1) is 18.2 Å². The predicted octanol–water partition coefficient (Wildman–Crippen LogP) is 2.60. The van der Waals surface area contributed by atoms with Gasteiger partial charge >= 0.3 is 0 Å². The van der Waals surface area contributed by atoms with Crippen LogP contribution in [0.1, 0.15) is 42.6 Å². The Kier molecular flexibility index (Phi) is 6.15. The van der Waals surface area contributed by atoms with Crippen molar-refractivity contribution in [2.24, 2.45) is 0 Å². The number of nitriles is 1. The molecule has 0 aliphatic carbocycles. The molecule has 1 aliphatic heterocycles. The molecule has 0 unspecified atom stereocenters. The molecule has 0 bridgehead atoms. The topological polar surface area (TPSA) is 69.2 Å². The summed E-state index contributed by atoms with van der Waals surface area (Å²) in [5, 5.41) is 13.0. The maximum Gasteiger partial charge on any atom is 0.226 e. The highest BCUT2D eigenvalue weighted by atomic mass is 16.5. The molecule has 1 aromatic carbocycles. The lowest BCUT2D eigenvalue weighted by Crippen LogP contribution is -2.30. The summed E-state index contributed by atoms with van der Waals surface area (Å²) in [4.78, 5) is 9.34. The zero-order valence-electron chi connectivity index (χ0n) is 14.8. The van der Waals surface area contributed by atoms with Gasteiger partial charge in [-0.1, -0.05) is 24.2 Å². The third-order valence-corrected chi connectivity index (χ3v) is 4.51. The Morgan fingerprint density at radius 2 is 1.80 bits per heavy atom. The molecular formula is C19H25N5O. The second kappa shape index (κ2) is 8.75. The Labute approximate surface area is 149 Å². The Morgan fingerprint density at radius 1 is 1.08 bits per heavy atom. The number of benzene rings is 1. The summed E-state index contributed by atoms with van der Waals surface area (Å²) in [5.74, 6) is 1.54. The first kappa shape index (κ1) is 17.6. The highest BCUT2D eigenvalue weighted by Crippen LogP contribution is 2.12. The Balaban J connectivity index is 1.50. The van der Waals surface area contributed by atoms with Gasteiger partial charge in [-0.2, -0.15) is 10.2 Å². The minimum Gasteiger partial charge on any atom is -0.339 e. The molecule has 0 radical (unpaired) electrons. The van der Waals surface area contributed by atoms with Crippen molar-refractivity contribution in [1.82, 2.24) is 19.9 Å². The Morgan fingerprint density at radius 3 is 2.48 bits per heavy atom. The molecule has 6 heteroatoms. The zero-order valence-corrected chi connectivity index (χ0v) is 14.8. The van der Waals surface area contributed by atoms with Gasteiger partial charge in [0.1, 0.15) is 0 Å². The maximum absolute atomic E-state index is 8.89. The summed E-state index contributed by atoms with van der Waals surface area (Å²) in [6.45, 7) is 7.99. The molecule has 6 nitrogen and oxygen atoms in total. The van der Waals surface area contributed by atoms with Crippen molar-refractivity contribution >= 4 is 0 Å². The third-order valence-electron chi connectivity index (χ3n) is 4.51. The van der Waals surface area contributed by atoms with Gasteiger partial charge in [-0.05, 0) is 43.6 Å². The van der Waals surface area contributed by atoms with Crippen LogP contribution in [0, 0.1) is 11.3 Å². The van der Waals surface area contributed by atoms with Crippen LogP contribution in [0.5, 0.6) is 0 Å². The van der Waals surface area contributed by atoms with Gasteiger partial charge in [0.15, 0.2) is 5.82 Å². The summed E-state index contributed by atoms with van der Waals surface area (Å²) in [5.41, 5.74) is 1.98. The SMILES string of the molecule is CCCc1nc(CN2CCCN(Cc3ccc(C#N)cc3)CC2)no1. The van der Waals surface area contributed by atoms with Crippen molar-refractivity contribution in [2.75, 3.05) is 26.2 Å². The van der Waals surface area contributed by atoms with E-state index in [2.05, 4.69) is 45.1 Å². The molecule has 132 valence electrons. The smallest absolute Gasteiger partial charge is 0.226 e. The standard InChI is InChI=1S/C19H25N5O/c1-2-4-19-21-18(22-25-19)15-24-10-3-9-23(11-12-24)14-17-7-5-16(13-20)6-8-17/h5-8H,2-4,9-12,14-15H2,1H3. The molecule has 25 heavy (non-hydrogen) atoms. The summed E-state index contributed by atoms with van der Waals surface area (Å²) >= 11 is 0. The Bertz CT molecular complexity index is 703. The van der Waals surface area contributed by atoms with Crippen LogP contribution in [0.15, 0.2) is 28.8 Å². The van der Waals surface area contributed by atoms with Gasteiger partial charge in [-0.15, -0.1) is 0 Å². The van der Waals surface area contributed by atoms with E-state index in [0.717, 1.165) is 70.2 Å². The van der Waals surface area contributed by atoms with E-state index in [4.69, 9.17) is 9.78 Å². The fourth-order valence-corrected chi connectivity index (χ4v) is 3.15. The van der Waals surface area contributed by atoms with E-state index in [1.54, 1.807) is 0 Å². The molecule has 0 saturated carbocycles. The van der Waals surface area contributed by atoms with Gasteiger partial charge in [0, 0.05) is 26.1 Å². The van der Waals surface area contributed by atoms with Crippen molar-refractivity contribution in [1.29, 1.82) is 5.26 Å². The average Bonchev–Trinajstić information content (AvgIpc) is 2.95. The summed E-state index contributed by atoms with van der Waals surface area (Å²) in [6, 6.07) is 10.1. The molecule has 2 aromatic rings. The number of nitrogens with zero attached hydrogens (tertiary/aromatic N) is 5. The quantitative estimate of drug-likeness (QED) is 0.806. The molecule has 1 saturated heterocycles.